The first-order chi connectivity index (χ1) is 6.00. The molecular formula is C7H12N4O2. The fourth-order valence-corrected chi connectivity index (χ4v) is 1.22. The van der Waals surface area contributed by atoms with Gasteiger partial charge in [0.2, 0.25) is 0 Å². The minimum Gasteiger partial charge on any atom is -0.309 e. The minimum absolute atomic E-state index is 0.337. The molecule has 1 aromatic rings. The largest absolute Gasteiger partial charge is 0.332 e. The number of hydrazine groups is 1. The van der Waals surface area contributed by atoms with Crippen molar-refractivity contribution in [2.45, 2.75) is 6.92 Å². The van der Waals surface area contributed by atoms with E-state index in [0.29, 0.717) is 11.4 Å². The molecule has 0 atom stereocenters. The Balaban J connectivity index is 3.78. The summed E-state index contributed by atoms with van der Waals surface area (Å²) in [6, 6.07) is 0. The Morgan fingerprint density at radius 3 is 2.23 bits per heavy atom. The van der Waals surface area contributed by atoms with Crippen LogP contribution in [0.25, 0.3) is 0 Å². The predicted molar refractivity (Wildman–Crippen MR) is 49.5 cm³/mol. The standard InChI is InChI=1S/C7H12N4O2/c1-4-5(9-8)10(2)7(13)11(3)6(4)12/h9H,8H2,1-3H3. The SMILES string of the molecule is Cc1c(NN)n(C)c(=O)n(C)c1=O. The second-order valence-electron chi connectivity index (χ2n) is 2.82. The molecule has 0 aromatic carbocycles. The first-order valence-electron chi connectivity index (χ1n) is 3.74. The van der Waals surface area contributed by atoms with Crippen molar-refractivity contribution < 1.29 is 0 Å². The lowest BCUT2D eigenvalue weighted by atomic mass is 10.3. The van der Waals surface area contributed by atoms with Gasteiger partial charge in [0, 0.05) is 14.1 Å². The highest BCUT2D eigenvalue weighted by Crippen LogP contribution is 2.02. The van der Waals surface area contributed by atoms with Crippen molar-refractivity contribution in [3.8, 4) is 0 Å². The molecule has 1 heterocycles. The second-order valence-corrected chi connectivity index (χ2v) is 2.82. The predicted octanol–water partition coefficient (Wildman–Crippen LogP) is -1.32. The number of nitrogens with zero attached hydrogens (tertiary/aromatic N) is 2. The zero-order valence-electron chi connectivity index (χ0n) is 7.79. The molecule has 13 heavy (non-hydrogen) atoms. The van der Waals surface area contributed by atoms with Crippen LogP contribution in [-0.4, -0.2) is 9.13 Å². The molecule has 0 aliphatic carbocycles. The van der Waals surface area contributed by atoms with Crippen LogP contribution in [0.2, 0.25) is 0 Å². The maximum absolute atomic E-state index is 11.4. The van der Waals surface area contributed by atoms with Crippen LogP contribution in [0.4, 0.5) is 5.82 Å². The molecule has 0 bridgehead atoms. The van der Waals surface area contributed by atoms with Gasteiger partial charge in [0.05, 0.1) is 5.56 Å². The lowest BCUT2D eigenvalue weighted by molar-refractivity contribution is 0.681. The number of rotatable bonds is 1. The Kier molecular flexibility index (Phi) is 2.24. The van der Waals surface area contributed by atoms with E-state index in [1.54, 1.807) is 14.0 Å². The van der Waals surface area contributed by atoms with Gasteiger partial charge in [-0.2, -0.15) is 0 Å². The topological polar surface area (TPSA) is 82.0 Å². The normalized spacial score (nSPS) is 10.2. The molecule has 0 fully saturated rings. The third kappa shape index (κ3) is 1.25. The van der Waals surface area contributed by atoms with Crippen molar-refractivity contribution in [2.24, 2.45) is 19.9 Å². The molecule has 0 unspecified atom stereocenters. The summed E-state index contributed by atoms with van der Waals surface area (Å²) in [5.74, 6) is 5.52. The molecular weight excluding hydrogens is 172 g/mol. The van der Waals surface area contributed by atoms with Gasteiger partial charge < -0.3 is 5.43 Å². The van der Waals surface area contributed by atoms with E-state index in [9.17, 15) is 9.59 Å². The molecule has 0 saturated heterocycles. The van der Waals surface area contributed by atoms with Gasteiger partial charge in [-0.15, -0.1) is 0 Å². The van der Waals surface area contributed by atoms with Crippen LogP contribution < -0.4 is 22.5 Å². The maximum atomic E-state index is 11.4. The Morgan fingerprint density at radius 1 is 1.23 bits per heavy atom. The molecule has 3 N–H and O–H groups in total. The van der Waals surface area contributed by atoms with Crippen molar-refractivity contribution >= 4 is 5.82 Å². The van der Waals surface area contributed by atoms with Gasteiger partial charge in [0.25, 0.3) is 5.56 Å². The van der Waals surface area contributed by atoms with Crippen molar-refractivity contribution in [1.29, 1.82) is 0 Å². The Morgan fingerprint density at radius 2 is 1.77 bits per heavy atom. The first-order valence-corrected chi connectivity index (χ1v) is 3.74. The second kappa shape index (κ2) is 3.06. The third-order valence-electron chi connectivity index (χ3n) is 2.03. The zero-order valence-corrected chi connectivity index (χ0v) is 7.79. The van der Waals surface area contributed by atoms with E-state index >= 15 is 0 Å². The van der Waals surface area contributed by atoms with E-state index in [1.807, 2.05) is 0 Å². The quantitative estimate of drug-likeness (QED) is 0.419. The first kappa shape index (κ1) is 9.53. The average molecular weight is 184 g/mol. The van der Waals surface area contributed by atoms with E-state index in [4.69, 9.17) is 5.84 Å². The van der Waals surface area contributed by atoms with E-state index in [-0.39, 0.29) is 5.56 Å². The fourth-order valence-electron chi connectivity index (χ4n) is 1.22. The molecule has 1 aromatic heterocycles. The van der Waals surface area contributed by atoms with Gasteiger partial charge in [0.1, 0.15) is 5.82 Å². The number of nitrogens with one attached hydrogen (secondary N) is 1. The molecule has 0 saturated carbocycles. The van der Waals surface area contributed by atoms with Crippen molar-refractivity contribution in [2.75, 3.05) is 5.43 Å². The van der Waals surface area contributed by atoms with Gasteiger partial charge in [-0.1, -0.05) is 0 Å². The lowest BCUT2D eigenvalue weighted by Crippen LogP contribution is -2.40. The summed E-state index contributed by atoms with van der Waals surface area (Å²) in [5, 5.41) is 0. The Bertz CT molecular complexity index is 406. The van der Waals surface area contributed by atoms with Crippen molar-refractivity contribution in [1.82, 2.24) is 9.13 Å². The zero-order chi connectivity index (χ0) is 10.2. The van der Waals surface area contributed by atoms with Gasteiger partial charge in [-0.05, 0) is 6.92 Å². The van der Waals surface area contributed by atoms with Crippen LogP contribution in [0.1, 0.15) is 5.56 Å². The van der Waals surface area contributed by atoms with Gasteiger partial charge >= 0.3 is 5.69 Å². The summed E-state index contributed by atoms with van der Waals surface area (Å²) < 4.78 is 2.33. The number of hydrogen-bond acceptors (Lipinski definition) is 4. The molecule has 0 amide bonds. The highest BCUT2D eigenvalue weighted by atomic mass is 16.2. The number of anilines is 1. The monoisotopic (exact) mass is 184 g/mol. The number of nitrogen functional groups attached to an aromatic ring is 1. The summed E-state index contributed by atoms with van der Waals surface area (Å²) in [5.41, 5.74) is 2.01. The smallest absolute Gasteiger partial charge is 0.309 e. The average Bonchev–Trinajstić information content (AvgIpc) is 2.13. The molecule has 0 aliphatic heterocycles. The van der Waals surface area contributed by atoms with Gasteiger partial charge in [-0.3, -0.25) is 13.9 Å². The van der Waals surface area contributed by atoms with Crippen molar-refractivity contribution in [3.63, 3.8) is 0 Å². The fraction of sp³-hybridized carbons (Fsp3) is 0.429. The van der Waals surface area contributed by atoms with E-state index < -0.39 is 5.69 Å². The minimum atomic E-state index is -0.399. The lowest BCUT2D eigenvalue weighted by Gasteiger charge is -2.11. The van der Waals surface area contributed by atoms with Crippen LogP contribution >= 0.6 is 0 Å². The van der Waals surface area contributed by atoms with E-state index in [1.165, 1.54) is 11.6 Å². The molecule has 0 aliphatic rings. The molecule has 72 valence electrons. The summed E-state index contributed by atoms with van der Waals surface area (Å²) in [6.07, 6.45) is 0. The van der Waals surface area contributed by atoms with Crippen LogP contribution in [0.15, 0.2) is 9.59 Å². The van der Waals surface area contributed by atoms with Crippen LogP contribution in [0.5, 0.6) is 0 Å². The van der Waals surface area contributed by atoms with Crippen LogP contribution in [0, 0.1) is 6.92 Å². The number of aromatic nitrogens is 2. The van der Waals surface area contributed by atoms with E-state index in [0.717, 1.165) is 4.57 Å². The van der Waals surface area contributed by atoms with Crippen LogP contribution in [0.3, 0.4) is 0 Å². The Labute approximate surface area is 74.6 Å². The maximum Gasteiger partial charge on any atom is 0.332 e. The molecule has 1 rings (SSSR count). The van der Waals surface area contributed by atoms with Gasteiger partial charge in [0.15, 0.2) is 0 Å². The Hall–Kier alpha value is -1.56. The highest BCUT2D eigenvalue weighted by Gasteiger charge is 2.09. The summed E-state index contributed by atoms with van der Waals surface area (Å²) in [6.45, 7) is 1.61. The molecule has 0 radical (unpaired) electrons. The summed E-state index contributed by atoms with van der Waals surface area (Å²) in [4.78, 5) is 22.7. The summed E-state index contributed by atoms with van der Waals surface area (Å²) in [7, 11) is 2.97. The van der Waals surface area contributed by atoms with Gasteiger partial charge in [-0.25, -0.2) is 10.6 Å². The molecule has 6 nitrogen and oxygen atoms in total. The molecule has 0 spiro atoms. The number of hydrogen-bond donors (Lipinski definition) is 2. The highest BCUT2D eigenvalue weighted by molar-refractivity contribution is 5.41. The van der Waals surface area contributed by atoms with Crippen LogP contribution in [-0.2, 0) is 14.1 Å². The molecule has 6 heteroatoms. The number of nitrogens with two attached hydrogens (primary N) is 1. The van der Waals surface area contributed by atoms with E-state index in [2.05, 4.69) is 5.43 Å². The van der Waals surface area contributed by atoms with Crippen molar-refractivity contribution in [3.05, 3.63) is 26.4 Å². The third-order valence-corrected chi connectivity index (χ3v) is 2.03. The summed E-state index contributed by atoms with van der Waals surface area (Å²) >= 11 is 0.